The Labute approximate surface area is 95.6 Å². The van der Waals surface area contributed by atoms with E-state index in [1.165, 1.54) is 19.2 Å². The summed E-state index contributed by atoms with van der Waals surface area (Å²) in [6, 6.07) is 0. The van der Waals surface area contributed by atoms with Gasteiger partial charge in [-0.15, -0.1) is 0 Å². The molecule has 1 aromatic heterocycles. The average molecular weight is 222 g/mol. The maximum absolute atomic E-state index is 6.01. The van der Waals surface area contributed by atoms with E-state index in [4.69, 9.17) is 10.5 Å². The molecule has 5 heteroatoms. The summed E-state index contributed by atoms with van der Waals surface area (Å²) in [6.07, 6.45) is 4.88. The Hall–Kier alpha value is -1.52. The quantitative estimate of drug-likeness (QED) is 0.835. The van der Waals surface area contributed by atoms with E-state index in [2.05, 4.69) is 21.8 Å². The van der Waals surface area contributed by atoms with E-state index in [9.17, 15) is 0 Å². The van der Waals surface area contributed by atoms with E-state index in [0.29, 0.717) is 18.2 Å². The number of nitrogens with two attached hydrogens (primary N) is 1. The number of rotatable bonds is 4. The Bertz CT molecular complexity index is 350. The molecule has 0 radical (unpaired) electrons. The van der Waals surface area contributed by atoms with Crippen LogP contribution in [0.15, 0.2) is 6.33 Å². The van der Waals surface area contributed by atoms with Gasteiger partial charge in [0.25, 0.3) is 0 Å². The van der Waals surface area contributed by atoms with Gasteiger partial charge < -0.3 is 15.4 Å². The number of aromatic nitrogens is 2. The topological polar surface area (TPSA) is 64.3 Å². The molecular formula is C11H18N4O. The van der Waals surface area contributed by atoms with Crippen molar-refractivity contribution in [3.63, 3.8) is 0 Å². The molecule has 1 fully saturated rings. The molecule has 2 rings (SSSR count). The van der Waals surface area contributed by atoms with E-state index in [-0.39, 0.29) is 0 Å². The van der Waals surface area contributed by atoms with Crippen molar-refractivity contribution in [3.8, 4) is 5.88 Å². The number of hydrogen-bond acceptors (Lipinski definition) is 5. The van der Waals surface area contributed by atoms with Crippen molar-refractivity contribution >= 4 is 11.5 Å². The molecule has 1 saturated heterocycles. The SMILES string of the molecule is CCCOc1ncnc(N2CCCC2)c1N. The van der Waals surface area contributed by atoms with Gasteiger partial charge in [-0.05, 0) is 19.3 Å². The van der Waals surface area contributed by atoms with Crippen molar-refractivity contribution in [2.75, 3.05) is 30.3 Å². The minimum Gasteiger partial charge on any atom is -0.476 e. The molecule has 2 heterocycles. The van der Waals surface area contributed by atoms with Gasteiger partial charge in [0, 0.05) is 13.1 Å². The molecule has 0 unspecified atom stereocenters. The zero-order chi connectivity index (χ0) is 11.4. The number of nitrogens with zero attached hydrogens (tertiary/aromatic N) is 3. The van der Waals surface area contributed by atoms with Gasteiger partial charge >= 0.3 is 0 Å². The van der Waals surface area contributed by atoms with Gasteiger partial charge in [-0.3, -0.25) is 0 Å². The normalized spacial score (nSPS) is 15.4. The highest BCUT2D eigenvalue weighted by atomic mass is 16.5. The van der Waals surface area contributed by atoms with Crippen molar-refractivity contribution in [1.29, 1.82) is 0 Å². The number of ether oxygens (including phenoxy) is 1. The Balaban J connectivity index is 2.18. The lowest BCUT2D eigenvalue weighted by atomic mass is 10.4. The van der Waals surface area contributed by atoms with Crippen LogP contribution in [0.2, 0.25) is 0 Å². The van der Waals surface area contributed by atoms with Crippen molar-refractivity contribution in [3.05, 3.63) is 6.33 Å². The fraction of sp³-hybridized carbons (Fsp3) is 0.636. The van der Waals surface area contributed by atoms with Crippen molar-refractivity contribution < 1.29 is 4.74 Å². The third-order valence-corrected chi connectivity index (χ3v) is 2.67. The molecule has 0 saturated carbocycles. The van der Waals surface area contributed by atoms with Crippen LogP contribution in [-0.2, 0) is 0 Å². The van der Waals surface area contributed by atoms with E-state index in [1.807, 2.05) is 0 Å². The smallest absolute Gasteiger partial charge is 0.242 e. The monoisotopic (exact) mass is 222 g/mol. The number of hydrogen-bond donors (Lipinski definition) is 1. The summed E-state index contributed by atoms with van der Waals surface area (Å²) in [6.45, 7) is 4.74. The van der Waals surface area contributed by atoms with Crippen LogP contribution in [0.4, 0.5) is 11.5 Å². The molecule has 0 atom stereocenters. The lowest BCUT2D eigenvalue weighted by Crippen LogP contribution is -2.21. The third kappa shape index (κ3) is 2.18. The molecule has 1 aromatic rings. The first kappa shape index (κ1) is 11.0. The Morgan fingerprint density at radius 2 is 2.12 bits per heavy atom. The van der Waals surface area contributed by atoms with Gasteiger partial charge in [-0.25, -0.2) is 4.98 Å². The molecular weight excluding hydrogens is 204 g/mol. The summed E-state index contributed by atoms with van der Waals surface area (Å²) >= 11 is 0. The van der Waals surface area contributed by atoms with E-state index >= 15 is 0 Å². The summed E-state index contributed by atoms with van der Waals surface area (Å²) in [5.74, 6) is 1.33. The largest absolute Gasteiger partial charge is 0.476 e. The van der Waals surface area contributed by atoms with Gasteiger partial charge in [0.1, 0.15) is 12.0 Å². The van der Waals surface area contributed by atoms with Gasteiger partial charge in [-0.1, -0.05) is 6.92 Å². The second kappa shape index (κ2) is 5.01. The number of anilines is 2. The molecule has 1 aliphatic heterocycles. The Morgan fingerprint density at radius 1 is 1.38 bits per heavy atom. The van der Waals surface area contributed by atoms with E-state index in [0.717, 1.165) is 25.3 Å². The van der Waals surface area contributed by atoms with Gasteiger partial charge in [0.2, 0.25) is 5.88 Å². The average Bonchev–Trinajstić information content (AvgIpc) is 2.81. The van der Waals surface area contributed by atoms with E-state index < -0.39 is 0 Å². The van der Waals surface area contributed by atoms with Gasteiger partial charge in [0.05, 0.1) is 6.61 Å². The van der Waals surface area contributed by atoms with E-state index in [1.54, 1.807) is 0 Å². The molecule has 2 N–H and O–H groups in total. The molecule has 0 amide bonds. The molecule has 16 heavy (non-hydrogen) atoms. The first-order valence-corrected chi connectivity index (χ1v) is 5.81. The molecule has 1 aliphatic rings. The molecule has 0 spiro atoms. The third-order valence-electron chi connectivity index (χ3n) is 2.67. The number of nitrogen functional groups attached to an aromatic ring is 1. The fourth-order valence-electron chi connectivity index (χ4n) is 1.87. The summed E-state index contributed by atoms with van der Waals surface area (Å²) < 4.78 is 5.48. The summed E-state index contributed by atoms with van der Waals surface area (Å²) in [4.78, 5) is 10.5. The van der Waals surface area contributed by atoms with Crippen LogP contribution >= 0.6 is 0 Å². The maximum Gasteiger partial charge on any atom is 0.242 e. The van der Waals surface area contributed by atoms with Crippen molar-refractivity contribution in [1.82, 2.24) is 9.97 Å². The fourth-order valence-corrected chi connectivity index (χ4v) is 1.87. The van der Waals surface area contributed by atoms with Crippen LogP contribution in [0.5, 0.6) is 5.88 Å². The molecule has 5 nitrogen and oxygen atoms in total. The minimum absolute atomic E-state index is 0.513. The van der Waals surface area contributed by atoms with Gasteiger partial charge in [-0.2, -0.15) is 4.98 Å². The zero-order valence-electron chi connectivity index (χ0n) is 9.65. The maximum atomic E-state index is 6.01. The Morgan fingerprint density at radius 3 is 2.81 bits per heavy atom. The highest BCUT2D eigenvalue weighted by molar-refractivity contribution is 5.67. The van der Waals surface area contributed by atoms with Crippen LogP contribution in [0, 0.1) is 0 Å². The predicted molar refractivity (Wildman–Crippen MR) is 63.7 cm³/mol. The van der Waals surface area contributed by atoms with Crippen LogP contribution in [-0.4, -0.2) is 29.7 Å². The first-order chi connectivity index (χ1) is 7.83. The van der Waals surface area contributed by atoms with Crippen molar-refractivity contribution in [2.45, 2.75) is 26.2 Å². The summed E-state index contributed by atoms with van der Waals surface area (Å²) in [5, 5.41) is 0. The molecule has 0 aliphatic carbocycles. The van der Waals surface area contributed by atoms with Crippen LogP contribution in [0.1, 0.15) is 26.2 Å². The lowest BCUT2D eigenvalue weighted by molar-refractivity contribution is 0.306. The molecule has 0 bridgehead atoms. The first-order valence-electron chi connectivity index (χ1n) is 5.81. The second-order valence-corrected chi connectivity index (χ2v) is 3.96. The summed E-state index contributed by atoms with van der Waals surface area (Å²) in [7, 11) is 0. The molecule has 88 valence electrons. The Kier molecular flexibility index (Phi) is 3.44. The second-order valence-electron chi connectivity index (χ2n) is 3.96. The summed E-state index contributed by atoms with van der Waals surface area (Å²) in [5.41, 5.74) is 6.58. The van der Waals surface area contributed by atoms with Crippen LogP contribution < -0.4 is 15.4 Å². The molecule has 0 aromatic carbocycles. The lowest BCUT2D eigenvalue weighted by Gasteiger charge is -2.19. The van der Waals surface area contributed by atoms with Crippen LogP contribution in [0.25, 0.3) is 0 Å². The standard InChI is InChI=1S/C11H18N4O/c1-2-7-16-11-9(12)10(13-8-14-11)15-5-3-4-6-15/h8H,2-7,12H2,1H3. The minimum atomic E-state index is 0.513. The zero-order valence-corrected chi connectivity index (χ0v) is 9.65. The highest BCUT2D eigenvalue weighted by Gasteiger charge is 2.18. The van der Waals surface area contributed by atoms with Gasteiger partial charge in [0.15, 0.2) is 5.82 Å². The predicted octanol–water partition coefficient (Wildman–Crippen LogP) is 1.45. The van der Waals surface area contributed by atoms with Crippen molar-refractivity contribution in [2.24, 2.45) is 0 Å². The van der Waals surface area contributed by atoms with Crippen LogP contribution in [0.3, 0.4) is 0 Å². The highest BCUT2D eigenvalue weighted by Crippen LogP contribution is 2.29.